The van der Waals surface area contributed by atoms with E-state index in [2.05, 4.69) is 34.6 Å². The summed E-state index contributed by atoms with van der Waals surface area (Å²) < 4.78 is 5.57. The molecule has 0 bridgehead atoms. The van der Waals surface area contributed by atoms with Crippen LogP contribution >= 0.6 is 0 Å². The number of aliphatic imine (C=N–C) groups is 1. The molecule has 1 unspecified atom stereocenters. The Labute approximate surface area is 113 Å². The van der Waals surface area contributed by atoms with Gasteiger partial charge in [-0.3, -0.25) is 4.99 Å². The Bertz CT molecular complexity index is 531. The van der Waals surface area contributed by atoms with E-state index in [-0.39, 0.29) is 6.04 Å². The predicted octanol–water partition coefficient (Wildman–Crippen LogP) is 3.54. The summed E-state index contributed by atoms with van der Waals surface area (Å²) in [6, 6.07) is 14.3. The van der Waals surface area contributed by atoms with Gasteiger partial charge in [-0.2, -0.15) is 0 Å². The van der Waals surface area contributed by atoms with Gasteiger partial charge in [0.25, 0.3) is 0 Å². The van der Waals surface area contributed by atoms with E-state index >= 15 is 0 Å². The molecule has 0 saturated heterocycles. The minimum Gasteiger partial charge on any atom is -0.467 e. The molecule has 1 aromatic heterocycles. The molecule has 19 heavy (non-hydrogen) atoms. The molecule has 3 rings (SSSR count). The van der Waals surface area contributed by atoms with Crippen LogP contribution in [0.5, 0.6) is 0 Å². The Morgan fingerprint density at radius 2 is 1.95 bits per heavy atom. The molecule has 0 radical (unpaired) electrons. The van der Waals surface area contributed by atoms with Gasteiger partial charge in [0, 0.05) is 13.0 Å². The molecule has 1 aliphatic rings. The Morgan fingerprint density at radius 3 is 2.63 bits per heavy atom. The summed E-state index contributed by atoms with van der Waals surface area (Å²) in [4.78, 5) is 4.57. The number of benzene rings is 1. The first-order valence-electron chi connectivity index (χ1n) is 6.82. The van der Waals surface area contributed by atoms with E-state index in [0.717, 1.165) is 24.6 Å². The van der Waals surface area contributed by atoms with Crippen molar-refractivity contribution in [2.24, 2.45) is 4.99 Å². The molecule has 1 atom stereocenters. The molecule has 1 N–H and O–H groups in total. The molecule has 98 valence electrons. The zero-order valence-electron chi connectivity index (χ0n) is 10.9. The third kappa shape index (κ3) is 2.87. The van der Waals surface area contributed by atoms with Crippen LogP contribution in [0, 0.1) is 0 Å². The van der Waals surface area contributed by atoms with E-state index in [4.69, 9.17) is 4.42 Å². The minimum absolute atomic E-state index is 0.0491. The predicted molar refractivity (Wildman–Crippen MR) is 76.3 cm³/mol. The fourth-order valence-electron chi connectivity index (χ4n) is 2.40. The maximum absolute atomic E-state index is 5.57. The van der Waals surface area contributed by atoms with Crippen LogP contribution in [0.3, 0.4) is 0 Å². The third-order valence-corrected chi connectivity index (χ3v) is 3.40. The van der Waals surface area contributed by atoms with Crippen LogP contribution in [0.4, 0.5) is 0 Å². The first-order valence-corrected chi connectivity index (χ1v) is 6.82. The van der Waals surface area contributed by atoms with Gasteiger partial charge in [-0.25, -0.2) is 0 Å². The van der Waals surface area contributed by atoms with E-state index in [9.17, 15) is 0 Å². The second-order valence-corrected chi connectivity index (χ2v) is 4.79. The lowest BCUT2D eigenvalue weighted by atomic mass is 10.0. The molecule has 1 aliphatic heterocycles. The molecule has 0 aliphatic carbocycles. The van der Waals surface area contributed by atoms with E-state index in [1.807, 2.05) is 18.2 Å². The van der Waals surface area contributed by atoms with E-state index in [1.54, 1.807) is 6.26 Å². The molecule has 3 heteroatoms. The third-order valence-electron chi connectivity index (χ3n) is 3.40. The fraction of sp³-hybridized carbons (Fsp3) is 0.312. The molecule has 2 aromatic rings. The molecule has 3 nitrogen and oxygen atoms in total. The number of furan rings is 1. The van der Waals surface area contributed by atoms with Crippen LogP contribution < -0.4 is 5.32 Å². The number of hydrogen-bond acceptors (Lipinski definition) is 3. The van der Waals surface area contributed by atoms with Gasteiger partial charge in [-0.05, 0) is 30.5 Å². The number of rotatable bonds is 3. The molecular weight excluding hydrogens is 236 g/mol. The summed E-state index contributed by atoms with van der Waals surface area (Å²) in [7, 11) is 0. The Hall–Kier alpha value is -2.03. The summed E-state index contributed by atoms with van der Waals surface area (Å²) in [6.07, 6.45) is 5.16. The zero-order chi connectivity index (χ0) is 12.9. The average Bonchev–Trinajstić information content (AvgIpc) is 3.01. The largest absolute Gasteiger partial charge is 0.467 e. The molecular formula is C16H18N2O. The monoisotopic (exact) mass is 254 g/mol. The highest BCUT2D eigenvalue weighted by molar-refractivity contribution is 5.83. The summed E-state index contributed by atoms with van der Waals surface area (Å²) in [6.45, 7) is 0.933. The molecule has 0 fully saturated rings. The van der Waals surface area contributed by atoms with E-state index < -0.39 is 0 Å². The van der Waals surface area contributed by atoms with Gasteiger partial charge in [0.15, 0.2) is 0 Å². The highest BCUT2D eigenvalue weighted by atomic mass is 16.3. The van der Waals surface area contributed by atoms with Crippen molar-refractivity contribution >= 4 is 5.84 Å². The summed E-state index contributed by atoms with van der Waals surface area (Å²) in [5, 5.41) is 3.53. The molecule has 0 spiro atoms. The van der Waals surface area contributed by atoms with E-state index in [1.165, 1.54) is 18.4 Å². The van der Waals surface area contributed by atoms with Gasteiger partial charge >= 0.3 is 0 Å². The van der Waals surface area contributed by atoms with Crippen molar-refractivity contribution < 1.29 is 4.42 Å². The maximum atomic E-state index is 5.57. The van der Waals surface area contributed by atoms with Crippen LogP contribution in [0.25, 0.3) is 0 Å². The normalized spacial score (nSPS) is 16.7. The number of hydrogen-bond donors (Lipinski definition) is 1. The lowest BCUT2D eigenvalue weighted by molar-refractivity contribution is 0.472. The summed E-state index contributed by atoms with van der Waals surface area (Å²) in [5.74, 6) is 2.02. The van der Waals surface area contributed by atoms with Gasteiger partial charge < -0.3 is 9.73 Å². The van der Waals surface area contributed by atoms with Crippen molar-refractivity contribution in [2.45, 2.75) is 25.3 Å². The van der Waals surface area contributed by atoms with Crippen LogP contribution in [-0.4, -0.2) is 12.4 Å². The number of nitrogens with zero attached hydrogens (tertiary/aromatic N) is 1. The van der Waals surface area contributed by atoms with Crippen LogP contribution in [0.1, 0.15) is 36.6 Å². The fourth-order valence-corrected chi connectivity index (χ4v) is 2.40. The summed E-state index contributed by atoms with van der Waals surface area (Å²) >= 11 is 0. The molecule has 0 saturated carbocycles. The second kappa shape index (κ2) is 5.74. The lowest BCUT2D eigenvalue weighted by Gasteiger charge is -2.21. The Balaban J connectivity index is 1.87. The van der Waals surface area contributed by atoms with Crippen LogP contribution in [0.2, 0.25) is 0 Å². The van der Waals surface area contributed by atoms with Gasteiger partial charge in [-0.15, -0.1) is 0 Å². The quantitative estimate of drug-likeness (QED) is 0.909. The molecule has 2 heterocycles. The lowest BCUT2D eigenvalue weighted by Crippen LogP contribution is -2.30. The standard InChI is InChI=1S/C16H18N2O/c1-2-7-13(8-3-1)16(14-9-6-12-19-14)18-15-10-4-5-11-17-15/h1-3,6-9,12,16H,4-5,10-11H2,(H,17,18). The molecule has 1 aromatic carbocycles. The second-order valence-electron chi connectivity index (χ2n) is 4.79. The number of nitrogens with one attached hydrogen (secondary N) is 1. The highest BCUT2D eigenvalue weighted by Crippen LogP contribution is 2.23. The zero-order valence-corrected chi connectivity index (χ0v) is 10.9. The average molecular weight is 254 g/mol. The minimum atomic E-state index is 0.0491. The van der Waals surface area contributed by atoms with Crippen LogP contribution in [-0.2, 0) is 0 Å². The smallest absolute Gasteiger partial charge is 0.130 e. The van der Waals surface area contributed by atoms with Gasteiger partial charge in [-0.1, -0.05) is 30.3 Å². The van der Waals surface area contributed by atoms with Crippen molar-refractivity contribution in [2.75, 3.05) is 6.54 Å². The Morgan fingerprint density at radius 1 is 1.05 bits per heavy atom. The van der Waals surface area contributed by atoms with E-state index in [0.29, 0.717) is 0 Å². The van der Waals surface area contributed by atoms with Crippen molar-refractivity contribution in [1.82, 2.24) is 5.32 Å². The number of amidine groups is 1. The SMILES string of the molecule is c1ccc(C(NC2=NCCCC2)c2ccco2)cc1. The van der Waals surface area contributed by atoms with Crippen molar-refractivity contribution in [3.05, 3.63) is 60.1 Å². The van der Waals surface area contributed by atoms with Gasteiger partial charge in [0.05, 0.1) is 12.1 Å². The maximum Gasteiger partial charge on any atom is 0.130 e. The highest BCUT2D eigenvalue weighted by Gasteiger charge is 2.18. The van der Waals surface area contributed by atoms with Gasteiger partial charge in [0.1, 0.15) is 11.8 Å². The van der Waals surface area contributed by atoms with Crippen LogP contribution in [0.15, 0.2) is 58.1 Å². The summed E-state index contributed by atoms with van der Waals surface area (Å²) in [5.41, 5.74) is 1.20. The van der Waals surface area contributed by atoms with Crippen molar-refractivity contribution in [3.8, 4) is 0 Å². The first kappa shape index (κ1) is 12.0. The Kier molecular flexibility index (Phi) is 3.63. The first-order chi connectivity index (χ1) is 9.43. The van der Waals surface area contributed by atoms with Crippen molar-refractivity contribution in [3.63, 3.8) is 0 Å². The van der Waals surface area contributed by atoms with Gasteiger partial charge in [0.2, 0.25) is 0 Å². The topological polar surface area (TPSA) is 37.5 Å². The van der Waals surface area contributed by atoms with Crippen molar-refractivity contribution in [1.29, 1.82) is 0 Å². The molecule has 0 amide bonds.